The minimum atomic E-state index is -0.471. The molecule has 0 aliphatic carbocycles. The lowest BCUT2D eigenvalue weighted by atomic mass is 10.2. The SMILES string of the molecule is CN=C(NCCCNC(=O)OC(C)(C)C)NCCc1csc(N2CCCC2)n1.I. The number of nitrogens with zero attached hydrogens (tertiary/aromatic N) is 3. The second-order valence-electron chi connectivity index (χ2n) is 7.77. The molecule has 1 aliphatic heterocycles. The van der Waals surface area contributed by atoms with Crippen molar-refractivity contribution < 1.29 is 9.53 Å². The van der Waals surface area contributed by atoms with E-state index >= 15 is 0 Å². The van der Waals surface area contributed by atoms with Gasteiger partial charge in [0.05, 0.1) is 5.69 Å². The molecular formula is C19H35IN6O2S. The van der Waals surface area contributed by atoms with Gasteiger partial charge in [0.15, 0.2) is 11.1 Å². The van der Waals surface area contributed by atoms with Gasteiger partial charge in [-0.05, 0) is 40.0 Å². The summed E-state index contributed by atoms with van der Waals surface area (Å²) in [5.74, 6) is 0.757. The van der Waals surface area contributed by atoms with E-state index in [-0.39, 0.29) is 30.1 Å². The van der Waals surface area contributed by atoms with E-state index in [1.54, 1.807) is 18.4 Å². The van der Waals surface area contributed by atoms with Crippen LogP contribution in [0.15, 0.2) is 10.4 Å². The molecule has 0 bridgehead atoms. The van der Waals surface area contributed by atoms with Gasteiger partial charge < -0.3 is 25.6 Å². The van der Waals surface area contributed by atoms with Gasteiger partial charge in [-0.2, -0.15) is 0 Å². The van der Waals surface area contributed by atoms with Gasteiger partial charge in [-0.25, -0.2) is 9.78 Å². The molecule has 0 aromatic carbocycles. The molecule has 0 saturated carbocycles. The molecule has 1 fully saturated rings. The summed E-state index contributed by atoms with van der Waals surface area (Å²) in [5, 5.41) is 12.6. The van der Waals surface area contributed by atoms with Gasteiger partial charge in [-0.1, -0.05) is 0 Å². The molecule has 8 nitrogen and oxygen atoms in total. The number of guanidine groups is 1. The van der Waals surface area contributed by atoms with Crippen molar-refractivity contribution in [2.24, 2.45) is 4.99 Å². The summed E-state index contributed by atoms with van der Waals surface area (Å²) >= 11 is 1.73. The maximum Gasteiger partial charge on any atom is 0.407 e. The van der Waals surface area contributed by atoms with Crippen LogP contribution in [0.25, 0.3) is 0 Å². The Kier molecular flexibility index (Phi) is 11.6. The Morgan fingerprint density at radius 1 is 1.21 bits per heavy atom. The van der Waals surface area contributed by atoms with Gasteiger partial charge in [0, 0.05) is 51.6 Å². The Morgan fingerprint density at radius 3 is 2.52 bits per heavy atom. The lowest BCUT2D eigenvalue weighted by Gasteiger charge is -2.19. The smallest absolute Gasteiger partial charge is 0.407 e. The van der Waals surface area contributed by atoms with Crippen LogP contribution >= 0.6 is 35.3 Å². The van der Waals surface area contributed by atoms with E-state index < -0.39 is 5.60 Å². The summed E-state index contributed by atoms with van der Waals surface area (Å²) in [5.41, 5.74) is 0.650. The number of aliphatic imine (C=N–C) groups is 1. The van der Waals surface area contributed by atoms with Crippen LogP contribution in [0.3, 0.4) is 0 Å². The number of anilines is 1. The minimum absolute atomic E-state index is 0. The fraction of sp³-hybridized carbons (Fsp3) is 0.737. The van der Waals surface area contributed by atoms with Crippen molar-refractivity contribution in [2.75, 3.05) is 44.7 Å². The summed E-state index contributed by atoms with van der Waals surface area (Å²) in [7, 11) is 1.75. The summed E-state index contributed by atoms with van der Waals surface area (Å²) < 4.78 is 5.20. The molecule has 3 N–H and O–H groups in total. The predicted octanol–water partition coefficient (Wildman–Crippen LogP) is 2.98. The molecule has 1 aromatic rings. The molecular weight excluding hydrogens is 503 g/mol. The summed E-state index contributed by atoms with van der Waals surface area (Å²) in [4.78, 5) is 22.9. The van der Waals surface area contributed by atoms with Gasteiger partial charge in [0.1, 0.15) is 5.60 Å². The molecule has 1 aliphatic rings. The largest absolute Gasteiger partial charge is 0.444 e. The third-order valence-electron chi connectivity index (χ3n) is 4.13. The van der Waals surface area contributed by atoms with Gasteiger partial charge in [0.25, 0.3) is 0 Å². The van der Waals surface area contributed by atoms with Crippen LogP contribution in [0.4, 0.5) is 9.93 Å². The highest BCUT2D eigenvalue weighted by Crippen LogP contribution is 2.24. The standard InChI is InChI=1S/C19H34N6O2S.HI/c1-19(2,3)27-18(26)23-10-7-9-21-16(20-4)22-11-8-15-14-28-17(24-15)25-12-5-6-13-25;/h14H,5-13H2,1-4H3,(H,23,26)(H2,20,21,22);1H. The molecule has 0 unspecified atom stereocenters. The zero-order valence-electron chi connectivity index (χ0n) is 17.9. The summed E-state index contributed by atoms with van der Waals surface area (Å²) in [6, 6.07) is 0. The van der Waals surface area contributed by atoms with Crippen molar-refractivity contribution in [2.45, 2.75) is 52.1 Å². The first-order valence-electron chi connectivity index (χ1n) is 9.98. The number of amides is 1. The molecule has 2 rings (SSSR count). The number of carbonyl (C=O) groups is 1. The molecule has 1 amide bonds. The van der Waals surface area contributed by atoms with Gasteiger partial charge in [-0.15, -0.1) is 35.3 Å². The number of rotatable bonds is 8. The molecule has 166 valence electrons. The zero-order valence-corrected chi connectivity index (χ0v) is 21.1. The van der Waals surface area contributed by atoms with Crippen molar-refractivity contribution in [3.05, 3.63) is 11.1 Å². The number of carbonyl (C=O) groups excluding carboxylic acids is 1. The minimum Gasteiger partial charge on any atom is -0.444 e. The average Bonchev–Trinajstić information content (AvgIpc) is 3.29. The first kappa shape index (κ1) is 25.7. The topological polar surface area (TPSA) is 90.9 Å². The molecule has 1 saturated heterocycles. The summed E-state index contributed by atoms with van der Waals surface area (Å²) in [6.07, 6.45) is 3.81. The van der Waals surface area contributed by atoms with Crippen LogP contribution in [0.1, 0.15) is 45.7 Å². The van der Waals surface area contributed by atoms with Crippen molar-refractivity contribution in [1.82, 2.24) is 20.9 Å². The van der Waals surface area contributed by atoms with Crippen LogP contribution in [0.2, 0.25) is 0 Å². The first-order chi connectivity index (χ1) is 13.4. The predicted molar refractivity (Wildman–Crippen MR) is 131 cm³/mol. The first-order valence-corrected chi connectivity index (χ1v) is 10.9. The maximum atomic E-state index is 11.6. The molecule has 1 aromatic heterocycles. The molecule has 2 heterocycles. The Hall–Kier alpha value is -1.30. The number of alkyl carbamates (subject to hydrolysis) is 1. The van der Waals surface area contributed by atoms with Crippen molar-refractivity contribution >= 4 is 52.5 Å². The number of hydrogen-bond acceptors (Lipinski definition) is 6. The fourth-order valence-electron chi connectivity index (χ4n) is 2.79. The number of nitrogens with one attached hydrogen (secondary N) is 3. The van der Waals surface area contributed by atoms with Gasteiger partial charge >= 0.3 is 6.09 Å². The van der Waals surface area contributed by atoms with Crippen molar-refractivity contribution in [3.63, 3.8) is 0 Å². The molecule has 10 heteroatoms. The highest BCUT2D eigenvalue weighted by atomic mass is 127. The Labute approximate surface area is 195 Å². The van der Waals surface area contributed by atoms with Crippen LogP contribution in [0, 0.1) is 0 Å². The van der Waals surface area contributed by atoms with Gasteiger partial charge in [0.2, 0.25) is 0 Å². The zero-order chi connectivity index (χ0) is 20.4. The number of thiazole rings is 1. The fourth-order valence-corrected chi connectivity index (χ4v) is 3.71. The van der Waals surface area contributed by atoms with E-state index in [2.05, 4.69) is 31.2 Å². The van der Waals surface area contributed by atoms with E-state index in [0.29, 0.717) is 13.1 Å². The lowest BCUT2D eigenvalue weighted by molar-refractivity contribution is 0.0527. The van der Waals surface area contributed by atoms with Crippen LogP contribution in [0.5, 0.6) is 0 Å². The van der Waals surface area contributed by atoms with Crippen LogP contribution in [-0.4, -0.2) is 62.4 Å². The normalized spacial score (nSPS) is 14.3. The molecule has 0 atom stereocenters. The maximum absolute atomic E-state index is 11.6. The van der Waals surface area contributed by atoms with E-state index in [9.17, 15) is 4.79 Å². The quantitative estimate of drug-likeness (QED) is 0.204. The number of ether oxygens (including phenoxy) is 1. The Bertz CT molecular complexity index is 641. The number of aromatic nitrogens is 1. The second kappa shape index (κ2) is 13.1. The van der Waals surface area contributed by atoms with E-state index in [1.165, 1.54) is 12.8 Å². The van der Waals surface area contributed by atoms with Crippen LogP contribution in [-0.2, 0) is 11.2 Å². The Morgan fingerprint density at radius 2 is 1.86 bits per heavy atom. The van der Waals surface area contributed by atoms with Crippen molar-refractivity contribution in [3.8, 4) is 0 Å². The average molecular weight is 539 g/mol. The molecule has 29 heavy (non-hydrogen) atoms. The third-order valence-corrected chi connectivity index (χ3v) is 5.08. The molecule has 0 radical (unpaired) electrons. The highest BCUT2D eigenvalue weighted by Gasteiger charge is 2.16. The van der Waals surface area contributed by atoms with Crippen molar-refractivity contribution in [1.29, 1.82) is 0 Å². The van der Waals surface area contributed by atoms with E-state index in [4.69, 9.17) is 9.72 Å². The number of hydrogen-bond donors (Lipinski definition) is 3. The highest BCUT2D eigenvalue weighted by molar-refractivity contribution is 14.0. The Balaban J connectivity index is 0.00000420. The number of halogens is 1. The summed E-state index contributed by atoms with van der Waals surface area (Å²) in [6.45, 7) is 9.85. The van der Waals surface area contributed by atoms with Gasteiger partial charge in [-0.3, -0.25) is 4.99 Å². The van der Waals surface area contributed by atoms with E-state index in [1.807, 2.05) is 20.8 Å². The monoisotopic (exact) mass is 538 g/mol. The third kappa shape index (κ3) is 10.3. The lowest BCUT2D eigenvalue weighted by Crippen LogP contribution is -2.40. The van der Waals surface area contributed by atoms with Crippen LogP contribution < -0.4 is 20.9 Å². The van der Waals surface area contributed by atoms with E-state index in [0.717, 1.165) is 49.3 Å². The second-order valence-corrected chi connectivity index (χ2v) is 8.61. The molecule has 0 spiro atoms.